The third kappa shape index (κ3) is 4.01. The van der Waals surface area contributed by atoms with Crippen LogP contribution in [0.3, 0.4) is 0 Å². The number of piperidine rings is 1. The van der Waals surface area contributed by atoms with Crippen molar-refractivity contribution in [3.05, 3.63) is 60.2 Å². The van der Waals surface area contributed by atoms with Gasteiger partial charge >= 0.3 is 0 Å². The van der Waals surface area contributed by atoms with Gasteiger partial charge in [0.1, 0.15) is 11.6 Å². The highest BCUT2D eigenvalue weighted by molar-refractivity contribution is 7.89. The average molecular weight is 417 g/mol. The largest absolute Gasteiger partial charge is 0.497 e. The van der Waals surface area contributed by atoms with E-state index < -0.39 is 10.0 Å². The summed E-state index contributed by atoms with van der Waals surface area (Å²) in [5, 5.41) is 3.97. The first-order valence-electron chi connectivity index (χ1n) is 9.21. The first kappa shape index (κ1) is 19.5. The van der Waals surface area contributed by atoms with Crippen molar-refractivity contribution in [3.63, 3.8) is 0 Å². The third-order valence-electron chi connectivity index (χ3n) is 4.97. The molecule has 1 aliphatic rings. The van der Waals surface area contributed by atoms with Crippen molar-refractivity contribution >= 4 is 10.0 Å². The Labute approximate surface area is 168 Å². The fourth-order valence-corrected chi connectivity index (χ4v) is 4.90. The van der Waals surface area contributed by atoms with Crippen molar-refractivity contribution in [1.29, 1.82) is 0 Å². The lowest BCUT2D eigenvalue weighted by Crippen LogP contribution is -2.39. The first-order valence-corrected chi connectivity index (χ1v) is 10.6. The number of methoxy groups -OCH3 is 1. The number of sulfonamides is 1. The predicted octanol–water partition coefficient (Wildman–Crippen LogP) is 3.45. The van der Waals surface area contributed by atoms with Crippen LogP contribution in [0.1, 0.15) is 24.7 Å². The predicted molar refractivity (Wildman–Crippen MR) is 103 cm³/mol. The van der Waals surface area contributed by atoms with Gasteiger partial charge in [-0.25, -0.2) is 12.8 Å². The molecule has 0 bridgehead atoms. The Balaban J connectivity index is 1.53. The molecule has 1 unspecified atom stereocenters. The molecule has 9 heteroatoms. The molecule has 29 heavy (non-hydrogen) atoms. The van der Waals surface area contributed by atoms with Gasteiger partial charge in [0.25, 0.3) is 0 Å². The summed E-state index contributed by atoms with van der Waals surface area (Å²) >= 11 is 0. The average Bonchev–Trinajstić information content (AvgIpc) is 3.25. The monoisotopic (exact) mass is 417 g/mol. The molecule has 0 spiro atoms. The molecule has 0 amide bonds. The zero-order valence-electron chi connectivity index (χ0n) is 15.8. The summed E-state index contributed by atoms with van der Waals surface area (Å²) in [7, 11) is -2.10. The fourth-order valence-electron chi connectivity index (χ4n) is 3.38. The minimum absolute atomic E-state index is 0.196. The lowest BCUT2D eigenvalue weighted by atomic mass is 10.00. The van der Waals surface area contributed by atoms with E-state index in [0.717, 1.165) is 6.42 Å². The van der Waals surface area contributed by atoms with Gasteiger partial charge in [-0.15, -0.1) is 0 Å². The van der Waals surface area contributed by atoms with Gasteiger partial charge in [-0.2, -0.15) is 9.29 Å². The maximum Gasteiger partial charge on any atom is 0.243 e. The second-order valence-electron chi connectivity index (χ2n) is 6.84. The van der Waals surface area contributed by atoms with Gasteiger partial charge in [-0.3, -0.25) is 0 Å². The van der Waals surface area contributed by atoms with E-state index in [-0.39, 0.29) is 23.2 Å². The number of aromatic nitrogens is 2. The summed E-state index contributed by atoms with van der Waals surface area (Å²) in [4.78, 5) is 4.63. The molecular formula is C20H20FN3O4S. The molecule has 7 nitrogen and oxygen atoms in total. The summed E-state index contributed by atoms with van der Waals surface area (Å²) < 4.78 is 51.0. The van der Waals surface area contributed by atoms with Crippen molar-refractivity contribution in [2.45, 2.75) is 23.7 Å². The van der Waals surface area contributed by atoms with E-state index >= 15 is 0 Å². The molecule has 4 rings (SSSR count). The summed E-state index contributed by atoms with van der Waals surface area (Å²) in [5.41, 5.74) is 0.639. The topological polar surface area (TPSA) is 85.5 Å². The molecule has 0 N–H and O–H groups in total. The maximum absolute atomic E-state index is 13.1. The SMILES string of the molecule is COc1ccc(S(=O)(=O)N2CCCC(c3nc(-c4ccc(F)cc4)no3)C2)cc1. The molecule has 3 aromatic rings. The second-order valence-corrected chi connectivity index (χ2v) is 8.78. The van der Waals surface area contributed by atoms with Crippen LogP contribution in [-0.4, -0.2) is 43.1 Å². The third-order valence-corrected chi connectivity index (χ3v) is 6.85. The Morgan fingerprint density at radius 3 is 2.55 bits per heavy atom. The Morgan fingerprint density at radius 1 is 1.14 bits per heavy atom. The first-order chi connectivity index (χ1) is 14.0. The van der Waals surface area contributed by atoms with Crippen molar-refractivity contribution in [1.82, 2.24) is 14.4 Å². The lowest BCUT2D eigenvalue weighted by Gasteiger charge is -2.30. The quantitative estimate of drug-likeness (QED) is 0.632. The minimum atomic E-state index is -3.63. The van der Waals surface area contributed by atoms with E-state index in [0.29, 0.717) is 36.0 Å². The van der Waals surface area contributed by atoms with Crippen LogP contribution in [0, 0.1) is 5.82 Å². The van der Waals surface area contributed by atoms with Gasteiger partial charge in [-0.1, -0.05) is 5.16 Å². The molecule has 0 radical (unpaired) electrons. The van der Waals surface area contributed by atoms with Gasteiger partial charge in [0, 0.05) is 18.7 Å². The summed E-state index contributed by atoms with van der Waals surface area (Å²) in [5.74, 6) is 0.802. The summed E-state index contributed by atoms with van der Waals surface area (Å²) in [6.45, 7) is 0.698. The minimum Gasteiger partial charge on any atom is -0.497 e. The molecule has 2 heterocycles. The van der Waals surface area contributed by atoms with Crippen LogP contribution < -0.4 is 4.74 Å². The zero-order chi connectivity index (χ0) is 20.4. The van der Waals surface area contributed by atoms with Crippen molar-refractivity contribution in [2.24, 2.45) is 0 Å². The number of ether oxygens (including phenoxy) is 1. The maximum atomic E-state index is 13.1. The van der Waals surface area contributed by atoms with Crippen LogP contribution >= 0.6 is 0 Å². The smallest absolute Gasteiger partial charge is 0.243 e. The number of hydrogen-bond donors (Lipinski definition) is 0. The van der Waals surface area contributed by atoms with Crippen LogP contribution in [0.5, 0.6) is 5.75 Å². The number of hydrogen-bond acceptors (Lipinski definition) is 6. The van der Waals surface area contributed by atoms with Crippen LogP contribution in [-0.2, 0) is 10.0 Å². The molecule has 1 fully saturated rings. The highest BCUT2D eigenvalue weighted by Gasteiger charge is 2.33. The van der Waals surface area contributed by atoms with E-state index in [2.05, 4.69) is 10.1 Å². The second kappa shape index (κ2) is 7.92. The van der Waals surface area contributed by atoms with Crippen LogP contribution in [0.2, 0.25) is 0 Å². The van der Waals surface area contributed by atoms with E-state index in [1.807, 2.05) is 0 Å². The van der Waals surface area contributed by atoms with Gasteiger partial charge in [-0.05, 0) is 61.4 Å². The van der Waals surface area contributed by atoms with Gasteiger partial charge in [0.05, 0.1) is 17.9 Å². The number of rotatable bonds is 5. The van der Waals surface area contributed by atoms with Crippen molar-refractivity contribution < 1.29 is 22.1 Å². The molecule has 1 aliphatic heterocycles. The lowest BCUT2D eigenvalue weighted by molar-refractivity contribution is 0.265. The van der Waals surface area contributed by atoms with Gasteiger partial charge in [0.2, 0.25) is 21.7 Å². The van der Waals surface area contributed by atoms with Crippen LogP contribution in [0.25, 0.3) is 11.4 Å². The van der Waals surface area contributed by atoms with Crippen molar-refractivity contribution in [3.8, 4) is 17.1 Å². The molecule has 0 aliphatic carbocycles. The molecule has 2 aromatic carbocycles. The molecule has 1 saturated heterocycles. The highest BCUT2D eigenvalue weighted by atomic mass is 32.2. The molecular weight excluding hydrogens is 397 g/mol. The van der Waals surface area contributed by atoms with Crippen molar-refractivity contribution in [2.75, 3.05) is 20.2 Å². The van der Waals surface area contributed by atoms with E-state index in [9.17, 15) is 12.8 Å². The summed E-state index contributed by atoms with van der Waals surface area (Å²) in [6, 6.07) is 12.1. The van der Waals surface area contributed by atoms with Gasteiger partial charge < -0.3 is 9.26 Å². The van der Waals surface area contributed by atoms with Gasteiger partial charge in [0.15, 0.2) is 0 Å². The van der Waals surface area contributed by atoms with E-state index in [1.54, 1.807) is 24.3 Å². The zero-order valence-corrected chi connectivity index (χ0v) is 16.6. The molecule has 152 valence electrons. The van der Waals surface area contributed by atoms with Crippen LogP contribution in [0.4, 0.5) is 4.39 Å². The fraction of sp³-hybridized carbons (Fsp3) is 0.300. The number of benzene rings is 2. The van der Waals surface area contributed by atoms with E-state index in [1.165, 1.54) is 35.7 Å². The Bertz CT molecular complexity index is 1080. The Hall–Kier alpha value is -2.78. The Morgan fingerprint density at radius 2 is 1.86 bits per heavy atom. The Kier molecular flexibility index (Phi) is 5.33. The highest BCUT2D eigenvalue weighted by Crippen LogP contribution is 2.31. The normalized spacial score (nSPS) is 17.9. The number of nitrogens with zero attached hydrogens (tertiary/aromatic N) is 3. The van der Waals surface area contributed by atoms with Crippen LogP contribution in [0.15, 0.2) is 57.9 Å². The molecule has 0 saturated carbocycles. The number of halogens is 1. The summed E-state index contributed by atoms with van der Waals surface area (Å²) in [6.07, 6.45) is 1.44. The standard InChI is InChI=1S/C20H20FN3O4S/c1-27-17-8-10-18(11-9-17)29(25,26)24-12-2-3-15(13-24)20-22-19(23-28-20)14-4-6-16(21)7-5-14/h4-11,15H,2-3,12-13H2,1H3. The van der Waals surface area contributed by atoms with E-state index in [4.69, 9.17) is 9.26 Å². The molecule has 1 atom stereocenters. The molecule has 1 aromatic heterocycles.